The maximum atomic E-state index is 12.5. The summed E-state index contributed by atoms with van der Waals surface area (Å²) in [5.41, 5.74) is 2.91. The molecule has 8 heteroatoms. The van der Waals surface area contributed by atoms with Crippen molar-refractivity contribution in [2.75, 3.05) is 15.4 Å². The summed E-state index contributed by atoms with van der Waals surface area (Å²) in [4.78, 5) is 24.6. The first-order valence-corrected chi connectivity index (χ1v) is 10.3. The highest BCUT2D eigenvalue weighted by Crippen LogP contribution is 2.30. The molecular formula is C19H19ClN2O4S. The first kappa shape index (κ1) is 19.4. The Bertz CT molecular complexity index is 1010. The third kappa shape index (κ3) is 3.70. The average Bonchev–Trinajstić information content (AvgIpc) is 2.78. The van der Waals surface area contributed by atoms with Crippen molar-refractivity contribution in [3.05, 3.63) is 58.1 Å². The molecule has 1 heterocycles. The van der Waals surface area contributed by atoms with E-state index in [2.05, 4.69) is 5.32 Å². The molecule has 0 spiro atoms. The fourth-order valence-electron chi connectivity index (χ4n) is 3.09. The number of hydrogen-bond acceptors (Lipinski definition) is 4. The van der Waals surface area contributed by atoms with Crippen molar-refractivity contribution in [1.29, 1.82) is 0 Å². The number of halogens is 1. The topological polar surface area (TPSA) is 83.6 Å². The van der Waals surface area contributed by atoms with Gasteiger partial charge in [0, 0.05) is 5.56 Å². The molecule has 142 valence electrons. The lowest BCUT2D eigenvalue weighted by atomic mass is 10.1. The van der Waals surface area contributed by atoms with Gasteiger partial charge in [-0.15, -0.1) is 0 Å². The molecule has 3 rings (SSSR count). The van der Waals surface area contributed by atoms with Gasteiger partial charge in [-0.25, -0.2) is 12.7 Å². The molecule has 27 heavy (non-hydrogen) atoms. The Kier molecular flexibility index (Phi) is 5.01. The maximum absolute atomic E-state index is 12.5. The van der Waals surface area contributed by atoms with Crippen molar-refractivity contribution < 1.29 is 18.0 Å². The molecule has 1 aliphatic rings. The molecule has 6 nitrogen and oxygen atoms in total. The zero-order valence-electron chi connectivity index (χ0n) is 15.1. The van der Waals surface area contributed by atoms with Gasteiger partial charge >= 0.3 is 0 Å². The number of carbonyl (C=O) groups excluding carboxylic acids is 2. The SMILES string of the molecule is Cc1cc(C)c(NC(=O)c2ccc(N3C(=O)[C@H](C)CS3(=O)=O)cc2)c(Cl)c1. The minimum absolute atomic E-state index is 0.209. The van der Waals surface area contributed by atoms with Crippen LogP contribution in [0.15, 0.2) is 36.4 Å². The highest BCUT2D eigenvalue weighted by molar-refractivity contribution is 7.94. The van der Waals surface area contributed by atoms with E-state index in [1.54, 1.807) is 13.0 Å². The molecule has 1 fully saturated rings. The van der Waals surface area contributed by atoms with Crippen LogP contribution < -0.4 is 9.62 Å². The molecule has 1 aliphatic heterocycles. The third-order valence-electron chi connectivity index (χ3n) is 4.39. The van der Waals surface area contributed by atoms with Crippen LogP contribution in [0, 0.1) is 19.8 Å². The van der Waals surface area contributed by atoms with Gasteiger partial charge in [-0.3, -0.25) is 9.59 Å². The van der Waals surface area contributed by atoms with E-state index in [4.69, 9.17) is 11.6 Å². The Hall–Kier alpha value is -2.38. The largest absolute Gasteiger partial charge is 0.320 e. The smallest absolute Gasteiger partial charge is 0.255 e. The Morgan fingerprint density at radius 1 is 1.19 bits per heavy atom. The van der Waals surface area contributed by atoms with Gasteiger partial charge in [0.25, 0.3) is 5.91 Å². The molecule has 2 aromatic rings. The number of benzene rings is 2. The number of amides is 2. The molecule has 0 bridgehead atoms. The Morgan fingerprint density at radius 3 is 2.33 bits per heavy atom. The van der Waals surface area contributed by atoms with Crippen molar-refractivity contribution >= 4 is 44.8 Å². The Labute approximate surface area is 163 Å². The summed E-state index contributed by atoms with van der Waals surface area (Å²) in [6, 6.07) is 9.54. The van der Waals surface area contributed by atoms with Crippen molar-refractivity contribution in [1.82, 2.24) is 0 Å². The molecule has 0 aromatic heterocycles. The normalized spacial score (nSPS) is 18.6. The summed E-state index contributed by atoms with van der Waals surface area (Å²) in [5, 5.41) is 3.22. The lowest BCUT2D eigenvalue weighted by molar-refractivity contribution is -0.119. The average molecular weight is 407 g/mol. The second-order valence-corrected chi connectivity index (χ2v) is 8.99. The van der Waals surface area contributed by atoms with Crippen molar-refractivity contribution in [2.45, 2.75) is 20.8 Å². The standard InChI is InChI=1S/C19H19ClN2O4S/c1-11-8-12(2)17(16(20)9-11)21-18(23)14-4-6-15(7-5-14)22-19(24)13(3)10-27(22,25)26/h4-9,13H,10H2,1-3H3,(H,21,23)/t13-/m1/s1. The molecule has 1 saturated heterocycles. The number of nitrogens with one attached hydrogen (secondary N) is 1. The quantitative estimate of drug-likeness (QED) is 0.845. The molecule has 1 N–H and O–H groups in total. The number of aryl methyl sites for hydroxylation is 2. The number of anilines is 2. The molecule has 0 unspecified atom stereocenters. The highest BCUT2D eigenvalue weighted by Gasteiger charge is 2.41. The first-order chi connectivity index (χ1) is 12.6. The van der Waals surface area contributed by atoms with E-state index in [9.17, 15) is 18.0 Å². The van der Waals surface area contributed by atoms with E-state index in [1.807, 2.05) is 19.9 Å². The molecule has 1 atom stereocenters. The fourth-order valence-corrected chi connectivity index (χ4v) is 5.28. The summed E-state index contributed by atoms with van der Waals surface area (Å²) < 4.78 is 25.1. The summed E-state index contributed by atoms with van der Waals surface area (Å²) >= 11 is 6.21. The van der Waals surface area contributed by atoms with Gasteiger partial charge in [-0.1, -0.05) is 24.6 Å². The lowest BCUT2D eigenvalue weighted by Gasteiger charge is -2.16. The molecule has 2 aromatic carbocycles. The molecule has 0 saturated carbocycles. The van der Waals surface area contributed by atoms with Crippen LogP contribution in [0.3, 0.4) is 0 Å². The van der Waals surface area contributed by atoms with Crippen LogP contribution in [0.5, 0.6) is 0 Å². The lowest BCUT2D eigenvalue weighted by Crippen LogP contribution is -2.30. The first-order valence-electron chi connectivity index (χ1n) is 8.35. The van der Waals surface area contributed by atoms with Crippen LogP contribution in [0.25, 0.3) is 0 Å². The number of hydrogen-bond donors (Lipinski definition) is 1. The zero-order valence-corrected chi connectivity index (χ0v) is 16.7. The highest BCUT2D eigenvalue weighted by atomic mass is 35.5. The van der Waals surface area contributed by atoms with E-state index < -0.39 is 21.8 Å². The summed E-state index contributed by atoms with van der Waals surface area (Å²) in [6.07, 6.45) is 0. The molecule has 0 aliphatic carbocycles. The summed E-state index contributed by atoms with van der Waals surface area (Å²) in [5.74, 6) is -1.63. The van der Waals surface area contributed by atoms with E-state index in [0.29, 0.717) is 16.3 Å². The van der Waals surface area contributed by atoms with Gasteiger partial charge in [0.05, 0.1) is 28.1 Å². The number of rotatable bonds is 3. The van der Waals surface area contributed by atoms with E-state index in [0.717, 1.165) is 15.4 Å². The Morgan fingerprint density at radius 2 is 1.81 bits per heavy atom. The van der Waals surface area contributed by atoms with Crippen LogP contribution >= 0.6 is 11.6 Å². The predicted molar refractivity (Wildman–Crippen MR) is 106 cm³/mol. The number of carbonyl (C=O) groups is 2. The van der Waals surface area contributed by atoms with Gasteiger partial charge in [0.1, 0.15) is 0 Å². The second kappa shape index (κ2) is 6.98. The van der Waals surface area contributed by atoms with Crippen LogP contribution in [-0.4, -0.2) is 26.0 Å². The fraction of sp³-hybridized carbons (Fsp3) is 0.263. The van der Waals surface area contributed by atoms with Crippen LogP contribution in [0.2, 0.25) is 5.02 Å². The van der Waals surface area contributed by atoms with Gasteiger partial charge in [-0.2, -0.15) is 0 Å². The minimum Gasteiger partial charge on any atom is -0.320 e. The van der Waals surface area contributed by atoms with E-state index >= 15 is 0 Å². The van der Waals surface area contributed by atoms with Gasteiger partial charge in [-0.05, 0) is 55.3 Å². The maximum Gasteiger partial charge on any atom is 0.255 e. The van der Waals surface area contributed by atoms with Gasteiger partial charge in [0.2, 0.25) is 15.9 Å². The number of sulfonamides is 1. The van der Waals surface area contributed by atoms with Crippen molar-refractivity contribution in [2.24, 2.45) is 5.92 Å². The van der Waals surface area contributed by atoms with Crippen molar-refractivity contribution in [3.8, 4) is 0 Å². The summed E-state index contributed by atoms with van der Waals surface area (Å²) in [6.45, 7) is 5.34. The molecule has 0 radical (unpaired) electrons. The molecule has 2 amide bonds. The van der Waals surface area contributed by atoms with Crippen molar-refractivity contribution in [3.63, 3.8) is 0 Å². The minimum atomic E-state index is -3.67. The van der Waals surface area contributed by atoms with Crippen LogP contribution in [0.1, 0.15) is 28.4 Å². The second-order valence-electron chi connectivity index (χ2n) is 6.72. The number of nitrogens with zero attached hydrogens (tertiary/aromatic N) is 1. The summed E-state index contributed by atoms with van der Waals surface area (Å²) in [7, 11) is -3.67. The Balaban J connectivity index is 1.84. The van der Waals surface area contributed by atoms with Crippen LogP contribution in [-0.2, 0) is 14.8 Å². The van der Waals surface area contributed by atoms with E-state index in [1.165, 1.54) is 24.3 Å². The zero-order chi connectivity index (χ0) is 19.9. The van der Waals surface area contributed by atoms with Crippen LogP contribution in [0.4, 0.5) is 11.4 Å². The van der Waals surface area contributed by atoms with Gasteiger partial charge < -0.3 is 5.32 Å². The third-order valence-corrected chi connectivity index (χ3v) is 6.56. The predicted octanol–water partition coefficient (Wildman–Crippen LogP) is 3.52. The monoisotopic (exact) mass is 406 g/mol. The molecular weight excluding hydrogens is 388 g/mol. The van der Waals surface area contributed by atoms with E-state index in [-0.39, 0.29) is 17.3 Å². The van der Waals surface area contributed by atoms with Gasteiger partial charge in [0.15, 0.2) is 0 Å².